The molecule has 1 aromatic heterocycles. The van der Waals surface area contributed by atoms with Crippen molar-refractivity contribution in [3.05, 3.63) is 28.2 Å². The summed E-state index contributed by atoms with van der Waals surface area (Å²) in [7, 11) is 1.52. The fourth-order valence-corrected chi connectivity index (χ4v) is 3.82. The molecule has 0 saturated carbocycles. The van der Waals surface area contributed by atoms with Crippen molar-refractivity contribution >= 4 is 34.1 Å². The number of esters is 1. The van der Waals surface area contributed by atoms with Gasteiger partial charge in [-0.05, 0) is 38.2 Å². The van der Waals surface area contributed by atoms with E-state index >= 15 is 0 Å². The fourth-order valence-electron chi connectivity index (χ4n) is 2.66. The largest absolute Gasteiger partial charge is 0.462 e. The quantitative estimate of drug-likeness (QED) is 0.610. The maximum atomic E-state index is 12.3. The van der Waals surface area contributed by atoms with Gasteiger partial charge in [-0.1, -0.05) is 12.2 Å². The molecule has 0 aliphatic heterocycles. The van der Waals surface area contributed by atoms with Crippen LogP contribution in [0.15, 0.2) is 12.2 Å². The first-order valence-electron chi connectivity index (χ1n) is 7.97. The van der Waals surface area contributed by atoms with Crippen molar-refractivity contribution in [2.75, 3.05) is 19.0 Å². The minimum atomic E-state index is -0.530. The van der Waals surface area contributed by atoms with Gasteiger partial charge in [0.15, 0.2) is 0 Å². The standard InChI is InChI=1S/C17H22N2O4S/c1-4-23-17(22)13-10(2)14(15(21)18-3)24-16(13)19-12(20)9-11-7-5-6-8-11/h5,7,11H,4,6,8-9H2,1-3H3,(H,18,21)(H,19,20). The van der Waals surface area contributed by atoms with E-state index in [0.717, 1.165) is 24.2 Å². The first kappa shape index (κ1) is 18.2. The fraction of sp³-hybridized carbons (Fsp3) is 0.471. The van der Waals surface area contributed by atoms with Gasteiger partial charge in [-0.25, -0.2) is 4.79 Å². The van der Waals surface area contributed by atoms with Gasteiger partial charge in [0, 0.05) is 13.5 Å². The van der Waals surface area contributed by atoms with Crippen LogP contribution in [0.25, 0.3) is 0 Å². The number of ether oxygens (including phenoxy) is 1. The minimum Gasteiger partial charge on any atom is -0.462 e. The van der Waals surface area contributed by atoms with E-state index in [4.69, 9.17) is 4.74 Å². The molecule has 2 N–H and O–H groups in total. The Balaban J connectivity index is 2.25. The topological polar surface area (TPSA) is 84.5 Å². The van der Waals surface area contributed by atoms with Gasteiger partial charge in [0.05, 0.1) is 17.0 Å². The lowest BCUT2D eigenvalue weighted by atomic mass is 10.1. The number of hydrogen-bond donors (Lipinski definition) is 2. The highest BCUT2D eigenvalue weighted by Crippen LogP contribution is 2.34. The summed E-state index contributed by atoms with van der Waals surface area (Å²) in [5, 5.41) is 5.70. The number of nitrogens with one attached hydrogen (secondary N) is 2. The van der Waals surface area contributed by atoms with E-state index in [2.05, 4.69) is 16.7 Å². The van der Waals surface area contributed by atoms with Crippen LogP contribution in [0, 0.1) is 12.8 Å². The molecule has 7 heteroatoms. The van der Waals surface area contributed by atoms with Gasteiger partial charge in [-0.15, -0.1) is 11.3 Å². The lowest BCUT2D eigenvalue weighted by Crippen LogP contribution is -2.18. The van der Waals surface area contributed by atoms with Crippen LogP contribution in [-0.4, -0.2) is 31.4 Å². The van der Waals surface area contributed by atoms with Crippen molar-refractivity contribution in [1.29, 1.82) is 0 Å². The Kier molecular flexibility index (Phi) is 6.14. The van der Waals surface area contributed by atoms with Crippen LogP contribution in [0.4, 0.5) is 5.00 Å². The van der Waals surface area contributed by atoms with Crippen molar-refractivity contribution in [3.63, 3.8) is 0 Å². The first-order chi connectivity index (χ1) is 11.5. The summed E-state index contributed by atoms with van der Waals surface area (Å²) >= 11 is 1.10. The van der Waals surface area contributed by atoms with Crippen molar-refractivity contribution in [2.24, 2.45) is 5.92 Å². The molecule has 0 aromatic carbocycles. The lowest BCUT2D eigenvalue weighted by Gasteiger charge is -2.09. The molecule has 1 aromatic rings. The van der Waals surface area contributed by atoms with Crippen LogP contribution < -0.4 is 10.6 Å². The van der Waals surface area contributed by atoms with Crippen molar-refractivity contribution in [3.8, 4) is 0 Å². The van der Waals surface area contributed by atoms with E-state index in [1.165, 1.54) is 7.05 Å². The lowest BCUT2D eigenvalue weighted by molar-refractivity contribution is -0.116. The van der Waals surface area contributed by atoms with E-state index in [0.29, 0.717) is 21.9 Å². The van der Waals surface area contributed by atoms with Gasteiger partial charge in [-0.3, -0.25) is 9.59 Å². The maximum Gasteiger partial charge on any atom is 0.341 e. The minimum absolute atomic E-state index is 0.165. The van der Waals surface area contributed by atoms with Gasteiger partial charge < -0.3 is 15.4 Å². The summed E-state index contributed by atoms with van der Waals surface area (Å²) in [6.07, 6.45) is 6.43. The molecule has 2 amide bonds. The molecule has 0 fully saturated rings. The van der Waals surface area contributed by atoms with Crippen LogP contribution >= 0.6 is 11.3 Å². The average molecular weight is 350 g/mol. The molecule has 0 bridgehead atoms. The number of anilines is 1. The predicted molar refractivity (Wildman–Crippen MR) is 93.5 cm³/mol. The van der Waals surface area contributed by atoms with E-state index in [1.807, 2.05) is 6.08 Å². The zero-order valence-corrected chi connectivity index (χ0v) is 14.9. The van der Waals surface area contributed by atoms with Gasteiger partial charge in [-0.2, -0.15) is 0 Å². The molecule has 0 radical (unpaired) electrons. The summed E-state index contributed by atoms with van der Waals surface area (Å²) in [6, 6.07) is 0. The molecule has 1 aliphatic rings. The van der Waals surface area contributed by atoms with Crippen molar-refractivity contribution < 1.29 is 19.1 Å². The number of rotatable bonds is 6. The number of hydrogen-bond acceptors (Lipinski definition) is 5. The monoisotopic (exact) mass is 350 g/mol. The SMILES string of the molecule is CCOC(=O)c1c(NC(=O)CC2C=CCC2)sc(C(=O)NC)c1C. The number of carbonyl (C=O) groups excluding carboxylic acids is 3. The zero-order valence-electron chi connectivity index (χ0n) is 14.1. The average Bonchev–Trinajstić information content (AvgIpc) is 3.14. The Morgan fingerprint density at radius 3 is 2.71 bits per heavy atom. The van der Waals surface area contributed by atoms with Crippen LogP contribution in [0.3, 0.4) is 0 Å². The molecule has 1 heterocycles. The summed E-state index contributed by atoms with van der Waals surface area (Å²) in [5.41, 5.74) is 0.782. The van der Waals surface area contributed by atoms with Gasteiger partial charge in [0.25, 0.3) is 5.91 Å². The van der Waals surface area contributed by atoms with Crippen LogP contribution in [-0.2, 0) is 9.53 Å². The van der Waals surface area contributed by atoms with Gasteiger partial charge in [0.1, 0.15) is 5.00 Å². The molecule has 1 unspecified atom stereocenters. The van der Waals surface area contributed by atoms with Crippen LogP contribution in [0.2, 0.25) is 0 Å². The first-order valence-corrected chi connectivity index (χ1v) is 8.78. The van der Waals surface area contributed by atoms with E-state index in [-0.39, 0.29) is 29.9 Å². The number of amides is 2. The summed E-state index contributed by atoms with van der Waals surface area (Å²) in [6.45, 7) is 3.62. The second-order valence-corrected chi connectivity index (χ2v) is 6.60. The van der Waals surface area contributed by atoms with Gasteiger partial charge in [0.2, 0.25) is 5.91 Å². The molecule has 24 heavy (non-hydrogen) atoms. The molecule has 1 aliphatic carbocycles. The van der Waals surface area contributed by atoms with Crippen molar-refractivity contribution in [1.82, 2.24) is 5.32 Å². The molecule has 2 rings (SSSR count). The normalized spacial score (nSPS) is 16.0. The van der Waals surface area contributed by atoms with Crippen LogP contribution in [0.1, 0.15) is 51.8 Å². The number of allylic oxidation sites excluding steroid dienone is 2. The molecule has 6 nitrogen and oxygen atoms in total. The molecule has 0 saturated heterocycles. The maximum absolute atomic E-state index is 12.3. The zero-order chi connectivity index (χ0) is 17.7. The summed E-state index contributed by atoms with van der Waals surface area (Å²) in [4.78, 5) is 36.9. The van der Waals surface area contributed by atoms with E-state index in [1.54, 1.807) is 13.8 Å². The third-order valence-electron chi connectivity index (χ3n) is 3.87. The van der Waals surface area contributed by atoms with Crippen LogP contribution in [0.5, 0.6) is 0 Å². The van der Waals surface area contributed by atoms with Gasteiger partial charge >= 0.3 is 5.97 Å². The molecular weight excluding hydrogens is 328 g/mol. The third-order valence-corrected chi connectivity index (χ3v) is 5.08. The smallest absolute Gasteiger partial charge is 0.341 e. The summed E-state index contributed by atoms with van der Waals surface area (Å²) < 4.78 is 5.06. The Morgan fingerprint density at radius 2 is 2.12 bits per heavy atom. The molecule has 1 atom stereocenters. The second-order valence-electron chi connectivity index (χ2n) is 5.58. The highest BCUT2D eigenvalue weighted by Gasteiger charge is 2.26. The highest BCUT2D eigenvalue weighted by molar-refractivity contribution is 7.18. The molecule has 0 spiro atoms. The Labute approximate surface area is 145 Å². The van der Waals surface area contributed by atoms with Crippen molar-refractivity contribution in [2.45, 2.75) is 33.1 Å². The van der Waals surface area contributed by atoms with E-state index in [9.17, 15) is 14.4 Å². The third kappa shape index (κ3) is 4.03. The summed E-state index contributed by atoms with van der Waals surface area (Å²) in [5.74, 6) is -0.753. The second kappa shape index (κ2) is 8.10. The van der Waals surface area contributed by atoms with E-state index < -0.39 is 5.97 Å². The molecular formula is C17H22N2O4S. The number of thiophene rings is 1. The predicted octanol–water partition coefficient (Wildman–Crippen LogP) is 2.89. The Hall–Kier alpha value is -2.15. The molecule has 130 valence electrons. The highest BCUT2D eigenvalue weighted by atomic mass is 32.1. The Morgan fingerprint density at radius 1 is 1.38 bits per heavy atom. The Bertz CT molecular complexity index is 678. The number of carbonyl (C=O) groups is 3.